The lowest BCUT2D eigenvalue weighted by Gasteiger charge is -2.23. The number of nitrogens with zero attached hydrogens (tertiary/aromatic N) is 1. The second-order valence-electron chi connectivity index (χ2n) is 7.57. The normalized spacial score (nSPS) is 17.5. The summed E-state index contributed by atoms with van der Waals surface area (Å²) in [5, 5.41) is 4.74. The van der Waals surface area contributed by atoms with E-state index in [-0.39, 0.29) is 10.8 Å². The molecule has 1 saturated heterocycles. The van der Waals surface area contributed by atoms with Crippen LogP contribution in [0.5, 0.6) is 0 Å². The van der Waals surface area contributed by atoms with Crippen LogP contribution < -0.4 is 5.32 Å². The van der Waals surface area contributed by atoms with Gasteiger partial charge in [0, 0.05) is 12.2 Å². The van der Waals surface area contributed by atoms with Crippen molar-refractivity contribution in [1.82, 2.24) is 4.31 Å². The van der Waals surface area contributed by atoms with Gasteiger partial charge in [-0.2, -0.15) is 4.31 Å². The molecule has 29 heavy (non-hydrogen) atoms. The Labute approximate surface area is 171 Å². The summed E-state index contributed by atoms with van der Waals surface area (Å²) in [7, 11) is -3.76. The monoisotopic (exact) mass is 408 g/mol. The number of anilines is 1. The standard InChI is InChI=1S/C23H24N2O3S/c1-16-9-11-20(14-17(16)2)24-23(26)22-8-5-13-25(22)29(27,28)21-12-10-18-6-3-4-7-19(18)15-21/h3-4,6-7,9-12,14-15,22H,5,8,13H2,1-2H3,(H,24,26)/t22-/m1/s1. The van der Waals surface area contributed by atoms with Gasteiger partial charge in [0.25, 0.3) is 0 Å². The van der Waals surface area contributed by atoms with E-state index in [9.17, 15) is 13.2 Å². The van der Waals surface area contributed by atoms with Gasteiger partial charge in [0.2, 0.25) is 15.9 Å². The van der Waals surface area contributed by atoms with Crippen LogP contribution in [-0.2, 0) is 14.8 Å². The molecule has 0 radical (unpaired) electrons. The van der Waals surface area contributed by atoms with Gasteiger partial charge in [0.05, 0.1) is 4.90 Å². The van der Waals surface area contributed by atoms with E-state index in [0.717, 1.165) is 21.9 Å². The maximum atomic E-state index is 13.3. The average Bonchev–Trinajstić information content (AvgIpc) is 3.21. The van der Waals surface area contributed by atoms with Crippen LogP contribution in [0, 0.1) is 13.8 Å². The SMILES string of the molecule is Cc1ccc(NC(=O)[C@H]2CCCN2S(=O)(=O)c2ccc3ccccc3c2)cc1C. The third-order valence-electron chi connectivity index (χ3n) is 5.61. The summed E-state index contributed by atoms with van der Waals surface area (Å²) in [6.07, 6.45) is 1.18. The quantitative estimate of drug-likeness (QED) is 0.702. The molecule has 0 aromatic heterocycles. The molecule has 0 spiro atoms. The molecule has 1 aliphatic rings. The fraction of sp³-hybridized carbons (Fsp3) is 0.261. The Morgan fingerprint density at radius 2 is 1.72 bits per heavy atom. The van der Waals surface area contributed by atoms with E-state index >= 15 is 0 Å². The van der Waals surface area contributed by atoms with Gasteiger partial charge in [-0.05, 0) is 72.9 Å². The molecule has 6 heteroatoms. The van der Waals surface area contributed by atoms with Crippen LogP contribution in [-0.4, -0.2) is 31.2 Å². The molecule has 5 nitrogen and oxygen atoms in total. The predicted molar refractivity (Wildman–Crippen MR) is 115 cm³/mol. The molecule has 3 aromatic rings. The lowest BCUT2D eigenvalue weighted by atomic mass is 10.1. The highest BCUT2D eigenvalue weighted by Gasteiger charge is 2.39. The van der Waals surface area contributed by atoms with Crippen molar-refractivity contribution in [3.63, 3.8) is 0 Å². The van der Waals surface area contributed by atoms with Crippen LogP contribution in [0.4, 0.5) is 5.69 Å². The molecule has 1 fully saturated rings. The van der Waals surface area contributed by atoms with Crippen molar-refractivity contribution in [3.05, 3.63) is 71.8 Å². The van der Waals surface area contributed by atoms with E-state index in [1.807, 2.05) is 62.4 Å². The van der Waals surface area contributed by atoms with Gasteiger partial charge < -0.3 is 5.32 Å². The highest BCUT2D eigenvalue weighted by atomic mass is 32.2. The van der Waals surface area contributed by atoms with Crippen LogP contribution in [0.15, 0.2) is 65.6 Å². The summed E-state index contributed by atoms with van der Waals surface area (Å²) in [6.45, 7) is 4.34. The molecule has 1 N–H and O–H groups in total. The first-order valence-electron chi connectivity index (χ1n) is 9.75. The van der Waals surface area contributed by atoms with Crippen molar-refractivity contribution in [2.45, 2.75) is 37.6 Å². The molecule has 0 aliphatic carbocycles. The minimum atomic E-state index is -3.76. The van der Waals surface area contributed by atoms with Crippen LogP contribution in [0.25, 0.3) is 10.8 Å². The van der Waals surface area contributed by atoms with E-state index < -0.39 is 16.1 Å². The van der Waals surface area contributed by atoms with Crippen molar-refractivity contribution in [2.75, 3.05) is 11.9 Å². The zero-order valence-electron chi connectivity index (χ0n) is 16.6. The van der Waals surface area contributed by atoms with Crippen molar-refractivity contribution < 1.29 is 13.2 Å². The molecule has 1 amide bonds. The summed E-state index contributed by atoms with van der Waals surface area (Å²) in [5.41, 5.74) is 2.91. The van der Waals surface area contributed by atoms with E-state index in [2.05, 4.69) is 5.32 Å². The molecule has 1 aliphatic heterocycles. The fourth-order valence-corrected chi connectivity index (χ4v) is 5.49. The van der Waals surface area contributed by atoms with Gasteiger partial charge in [-0.25, -0.2) is 8.42 Å². The average molecular weight is 409 g/mol. The summed E-state index contributed by atoms with van der Waals surface area (Å²) >= 11 is 0. The molecule has 0 saturated carbocycles. The number of sulfonamides is 1. The van der Waals surface area contributed by atoms with Crippen molar-refractivity contribution in [2.24, 2.45) is 0 Å². The van der Waals surface area contributed by atoms with Gasteiger partial charge in [-0.15, -0.1) is 0 Å². The first-order chi connectivity index (χ1) is 13.9. The van der Waals surface area contributed by atoms with Gasteiger partial charge in [-0.3, -0.25) is 4.79 Å². The Bertz CT molecular complexity index is 1190. The number of hydrogen-bond donors (Lipinski definition) is 1. The summed E-state index contributed by atoms with van der Waals surface area (Å²) < 4.78 is 27.9. The predicted octanol–water partition coefficient (Wildman–Crippen LogP) is 4.25. The number of aryl methyl sites for hydroxylation is 2. The lowest BCUT2D eigenvalue weighted by Crippen LogP contribution is -2.43. The Morgan fingerprint density at radius 3 is 2.48 bits per heavy atom. The minimum Gasteiger partial charge on any atom is -0.325 e. The Hall–Kier alpha value is -2.70. The molecule has 0 unspecified atom stereocenters. The first kappa shape index (κ1) is 19.6. The number of amides is 1. The largest absolute Gasteiger partial charge is 0.325 e. The number of rotatable bonds is 4. The fourth-order valence-electron chi connectivity index (χ4n) is 3.80. The number of benzene rings is 3. The van der Waals surface area contributed by atoms with Crippen LogP contribution in [0.2, 0.25) is 0 Å². The highest BCUT2D eigenvalue weighted by molar-refractivity contribution is 7.89. The van der Waals surface area contributed by atoms with Gasteiger partial charge in [-0.1, -0.05) is 36.4 Å². The molecular weight excluding hydrogens is 384 g/mol. The Morgan fingerprint density at radius 1 is 0.966 bits per heavy atom. The van der Waals surface area contributed by atoms with E-state index in [4.69, 9.17) is 0 Å². The van der Waals surface area contributed by atoms with Crippen LogP contribution in [0.1, 0.15) is 24.0 Å². The number of carbonyl (C=O) groups excluding carboxylic acids is 1. The van der Waals surface area contributed by atoms with Crippen molar-refractivity contribution >= 4 is 32.4 Å². The molecule has 0 bridgehead atoms. The minimum absolute atomic E-state index is 0.224. The lowest BCUT2D eigenvalue weighted by molar-refractivity contribution is -0.119. The first-order valence-corrected chi connectivity index (χ1v) is 11.2. The molecular formula is C23H24N2O3S. The number of carbonyl (C=O) groups is 1. The van der Waals surface area contributed by atoms with Crippen molar-refractivity contribution in [3.8, 4) is 0 Å². The molecule has 1 atom stereocenters. The van der Waals surface area contributed by atoms with E-state index in [1.54, 1.807) is 12.1 Å². The number of nitrogens with one attached hydrogen (secondary N) is 1. The summed E-state index contributed by atoms with van der Waals surface area (Å²) in [4.78, 5) is 13.1. The third-order valence-corrected chi connectivity index (χ3v) is 7.51. The second-order valence-corrected chi connectivity index (χ2v) is 9.46. The topological polar surface area (TPSA) is 66.5 Å². The third kappa shape index (κ3) is 3.78. The van der Waals surface area contributed by atoms with Gasteiger partial charge >= 0.3 is 0 Å². The molecule has 1 heterocycles. The maximum Gasteiger partial charge on any atom is 0.243 e. The number of hydrogen-bond acceptors (Lipinski definition) is 3. The van der Waals surface area contributed by atoms with Crippen molar-refractivity contribution in [1.29, 1.82) is 0 Å². The maximum absolute atomic E-state index is 13.3. The van der Waals surface area contributed by atoms with E-state index in [1.165, 1.54) is 4.31 Å². The zero-order chi connectivity index (χ0) is 20.6. The van der Waals surface area contributed by atoms with E-state index in [0.29, 0.717) is 25.1 Å². The molecule has 4 rings (SSSR count). The van der Waals surface area contributed by atoms with Gasteiger partial charge in [0.1, 0.15) is 6.04 Å². The highest BCUT2D eigenvalue weighted by Crippen LogP contribution is 2.29. The zero-order valence-corrected chi connectivity index (χ0v) is 17.4. The molecule has 3 aromatic carbocycles. The van der Waals surface area contributed by atoms with Crippen LogP contribution >= 0.6 is 0 Å². The molecule has 150 valence electrons. The van der Waals surface area contributed by atoms with Crippen LogP contribution in [0.3, 0.4) is 0 Å². The second kappa shape index (κ2) is 7.61. The smallest absolute Gasteiger partial charge is 0.243 e. The van der Waals surface area contributed by atoms with Gasteiger partial charge in [0.15, 0.2) is 0 Å². The summed E-state index contributed by atoms with van der Waals surface area (Å²) in [6, 6.07) is 17.7. The Kier molecular flexibility index (Phi) is 5.15. The summed E-state index contributed by atoms with van der Waals surface area (Å²) in [5.74, 6) is -0.282. The Balaban J connectivity index is 1.60. The number of fused-ring (bicyclic) bond motifs is 1.